The Labute approximate surface area is 211 Å². The molecule has 0 aliphatic carbocycles. The third-order valence-electron chi connectivity index (χ3n) is 5.41. The van der Waals surface area contributed by atoms with Gasteiger partial charge in [-0.05, 0) is 42.3 Å². The Bertz CT molecular complexity index is 1490. The predicted octanol–water partition coefficient (Wildman–Crippen LogP) is 6.21. The van der Waals surface area contributed by atoms with Crippen molar-refractivity contribution in [2.75, 3.05) is 10.6 Å². The molecular weight excluding hydrogens is 472 g/mol. The number of pyridine rings is 1. The maximum Gasteiger partial charge on any atom is 0.293 e. The third kappa shape index (κ3) is 5.56. The van der Waals surface area contributed by atoms with Gasteiger partial charge < -0.3 is 9.73 Å². The number of amides is 2. The van der Waals surface area contributed by atoms with E-state index in [-0.39, 0.29) is 18.1 Å². The van der Waals surface area contributed by atoms with Crippen LogP contribution in [0.2, 0.25) is 0 Å². The van der Waals surface area contributed by atoms with Gasteiger partial charge in [0, 0.05) is 10.9 Å². The molecular formula is C28H22N4O3S. The van der Waals surface area contributed by atoms with Crippen LogP contribution in [0.3, 0.4) is 0 Å². The zero-order chi connectivity index (χ0) is 24.9. The highest BCUT2D eigenvalue weighted by molar-refractivity contribution is 7.14. The summed E-state index contributed by atoms with van der Waals surface area (Å²) < 4.78 is 5.09. The number of rotatable bonds is 7. The molecule has 2 aromatic carbocycles. The molecule has 2 amide bonds. The van der Waals surface area contributed by atoms with Gasteiger partial charge in [-0.3, -0.25) is 14.9 Å². The quantitative estimate of drug-likeness (QED) is 0.280. The number of carbonyl (C=O) groups excluding carboxylic acids is 2. The first-order valence-corrected chi connectivity index (χ1v) is 12.1. The van der Waals surface area contributed by atoms with E-state index in [2.05, 4.69) is 44.9 Å². The van der Waals surface area contributed by atoms with Gasteiger partial charge in [-0.1, -0.05) is 60.2 Å². The molecule has 7 nitrogen and oxygen atoms in total. The molecule has 5 aromatic rings. The summed E-state index contributed by atoms with van der Waals surface area (Å²) in [6, 6.07) is 25.2. The zero-order valence-corrected chi connectivity index (χ0v) is 20.2. The van der Waals surface area contributed by atoms with Gasteiger partial charge in [0.05, 0.1) is 24.1 Å². The lowest BCUT2D eigenvalue weighted by Gasteiger charge is -2.11. The minimum Gasteiger partial charge on any atom is -0.459 e. The number of aryl methyl sites for hydroxylation is 1. The highest BCUT2D eigenvalue weighted by Gasteiger charge is 2.14. The molecule has 36 heavy (non-hydrogen) atoms. The summed E-state index contributed by atoms with van der Waals surface area (Å²) in [4.78, 5) is 34.0. The van der Waals surface area contributed by atoms with Crippen LogP contribution in [0.15, 0.2) is 94.9 Å². The van der Waals surface area contributed by atoms with Crippen LogP contribution in [0.5, 0.6) is 0 Å². The number of nitrogens with zero attached hydrogens (tertiary/aromatic N) is 2. The van der Waals surface area contributed by atoms with Crippen molar-refractivity contribution in [2.45, 2.75) is 13.3 Å². The molecule has 178 valence electrons. The third-order valence-corrected chi connectivity index (χ3v) is 6.21. The molecule has 0 fully saturated rings. The first-order chi connectivity index (χ1) is 17.5. The second kappa shape index (κ2) is 10.4. The van der Waals surface area contributed by atoms with E-state index in [1.165, 1.54) is 23.2 Å². The van der Waals surface area contributed by atoms with Crippen LogP contribution < -0.4 is 10.6 Å². The van der Waals surface area contributed by atoms with Gasteiger partial charge in [0.1, 0.15) is 5.82 Å². The first-order valence-electron chi connectivity index (χ1n) is 11.3. The Hall–Kier alpha value is -4.56. The molecule has 0 spiro atoms. The molecule has 0 radical (unpaired) electrons. The highest BCUT2D eigenvalue weighted by Crippen LogP contribution is 2.28. The van der Waals surface area contributed by atoms with Crippen molar-refractivity contribution in [1.29, 1.82) is 0 Å². The minimum atomic E-state index is -0.393. The number of benzene rings is 2. The molecule has 3 heterocycles. The summed E-state index contributed by atoms with van der Waals surface area (Å²) in [6.45, 7) is 2.05. The summed E-state index contributed by atoms with van der Waals surface area (Å²) in [5, 5.41) is 7.71. The number of anilines is 2. The Kier molecular flexibility index (Phi) is 6.68. The fourth-order valence-electron chi connectivity index (χ4n) is 3.63. The van der Waals surface area contributed by atoms with Crippen molar-refractivity contribution in [3.05, 3.63) is 108 Å². The average Bonchev–Trinajstić information content (AvgIpc) is 3.57. The largest absolute Gasteiger partial charge is 0.459 e. The average molecular weight is 495 g/mol. The molecule has 0 saturated carbocycles. The van der Waals surface area contributed by atoms with E-state index in [0.717, 1.165) is 22.4 Å². The maximum atomic E-state index is 12.9. The predicted molar refractivity (Wildman–Crippen MR) is 141 cm³/mol. The molecule has 5 rings (SSSR count). The fourth-order valence-corrected chi connectivity index (χ4v) is 4.33. The maximum absolute atomic E-state index is 12.9. The molecule has 8 heteroatoms. The Morgan fingerprint density at radius 1 is 0.861 bits per heavy atom. The molecule has 0 aliphatic rings. The number of hydrogen-bond donors (Lipinski definition) is 2. The summed E-state index contributed by atoms with van der Waals surface area (Å²) in [7, 11) is 0. The van der Waals surface area contributed by atoms with Crippen molar-refractivity contribution in [3.63, 3.8) is 0 Å². The van der Waals surface area contributed by atoms with Gasteiger partial charge in [0.2, 0.25) is 5.91 Å². The van der Waals surface area contributed by atoms with E-state index in [1.807, 2.05) is 49.4 Å². The summed E-state index contributed by atoms with van der Waals surface area (Å²) in [6.07, 6.45) is 1.47. The van der Waals surface area contributed by atoms with Crippen LogP contribution in [0.4, 0.5) is 10.9 Å². The lowest BCUT2D eigenvalue weighted by molar-refractivity contribution is -0.115. The number of thiazole rings is 1. The topological polar surface area (TPSA) is 97.1 Å². The number of hydrogen-bond acceptors (Lipinski definition) is 6. The van der Waals surface area contributed by atoms with E-state index in [4.69, 9.17) is 4.42 Å². The second-order valence-electron chi connectivity index (χ2n) is 8.16. The number of carbonyl (C=O) groups is 2. The number of aromatic nitrogens is 2. The highest BCUT2D eigenvalue weighted by atomic mass is 32.1. The van der Waals surface area contributed by atoms with E-state index >= 15 is 0 Å². The summed E-state index contributed by atoms with van der Waals surface area (Å²) in [5.74, 6) is 0.00411. The molecule has 0 aliphatic heterocycles. The van der Waals surface area contributed by atoms with E-state index in [1.54, 1.807) is 17.5 Å². The van der Waals surface area contributed by atoms with Crippen molar-refractivity contribution >= 4 is 34.1 Å². The molecule has 0 bridgehead atoms. The van der Waals surface area contributed by atoms with Crippen molar-refractivity contribution in [2.24, 2.45) is 0 Å². The molecule has 0 saturated heterocycles. The standard InChI is InChI=1S/C28H22N4O3S/c1-18-9-11-19(12-10-18)21-14-23(20-6-3-2-4-7-20)30-25(15-21)31-26(33)16-22-17-36-28(29-22)32-27(34)24-8-5-13-35-24/h2-15,17H,16H2,1H3,(H,29,32,34)(H,30,31,33). The molecule has 0 atom stereocenters. The van der Waals surface area contributed by atoms with Crippen LogP contribution in [0.1, 0.15) is 21.8 Å². The number of nitrogens with one attached hydrogen (secondary N) is 2. The van der Waals surface area contributed by atoms with E-state index in [0.29, 0.717) is 16.6 Å². The Balaban J connectivity index is 1.33. The van der Waals surface area contributed by atoms with Crippen molar-refractivity contribution in [3.8, 4) is 22.4 Å². The molecule has 2 N–H and O–H groups in total. The smallest absolute Gasteiger partial charge is 0.293 e. The summed E-state index contributed by atoms with van der Waals surface area (Å²) in [5.41, 5.74) is 5.43. The van der Waals surface area contributed by atoms with Gasteiger partial charge in [-0.15, -0.1) is 11.3 Å². The van der Waals surface area contributed by atoms with Crippen LogP contribution in [-0.2, 0) is 11.2 Å². The van der Waals surface area contributed by atoms with Gasteiger partial charge >= 0.3 is 0 Å². The van der Waals surface area contributed by atoms with Gasteiger partial charge in [0.25, 0.3) is 5.91 Å². The Morgan fingerprint density at radius 3 is 2.42 bits per heavy atom. The zero-order valence-electron chi connectivity index (χ0n) is 19.4. The van der Waals surface area contributed by atoms with Crippen LogP contribution >= 0.6 is 11.3 Å². The van der Waals surface area contributed by atoms with Crippen LogP contribution in [0.25, 0.3) is 22.4 Å². The van der Waals surface area contributed by atoms with E-state index in [9.17, 15) is 9.59 Å². The van der Waals surface area contributed by atoms with Gasteiger partial charge in [-0.25, -0.2) is 9.97 Å². The second-order valence-corrected chi connectivity index (χ2v) is 9.02. The SMILES string of the molecule is Cc1ccc(-c2cc(NC(=O)Cc3csc(NC(=O)c4ccco4)n3)nc(-c3ccccc3)c2)cc1. The molecule has 0 unspecified atom stereocenters. The summed E-state index contributed by atoms with van der Waals surface area (Å²) >= 11 is 1.24. The van der Waals surface area contributed by atoms with Crippen LogP contribution in [-0.4, -0.2) is 21.8 Å². The van der Waals surface area contributed by atoms with Crippen molar-refractivity contribution in [1.82, 2.24) is 9.97 Å². The Morgan fingerprint density at radius 2 is 1.67 bits per heavy atom. The van der Waals surface area contributed by atoms with E-state index < -0.39 is 5.91 Å². The number of furan rings is 1. The van der Waals surface area contributed by atoms with Crippen LogP contribution in [0, 0.1) is 6.92 Å². The normalized spacial score (nSPS) is 10.7. The van der Waals surface area contributed by atoms with Gasteiger partial charge in [-0.2, -0.15) is 0 Å². The fraction of sp³-hybridized carbons (Fsp3) is 0.0714. The lowest BCUT2D eigenvalue weighted by atomic mass is 10.0. The van der Waals surface area contributed by atoms with Gasteiger partial charge in [0.15, 0.2) is 10.9 Å². The minimum absolute atomic E-state index is 0.0459. The van der Waals surface area contributed by atoms with Crippen molar-refractivity contribution < 1.29 is 14.0 Å². The molecule has 3 aromatic heterocycles. The monoisotopic (exact) mass is 494 g/mol. The first kappa shape index (κ1) is 23.2. The lowest BCUT2D eigenvalue weighted by Crippen LogP contribution is -2.16.